The van der Waals surface area contributed by atoms with Crippen molar-refractivity contribution < 1.29 is 24.9 Å². The number of benzene rings is 1. The van der Waals surface area contributed by atoms with Gasteiger partial charge in [0.05, 0.1) is 24.5 Å². The van der Waals surface area contributed by atoms with E-state index in [1.807, 2.05) is 26.0 Å². The molecule has 0 bridgehead atoms. The second kappa shape index (κ2) is 8.51. The standard InChI is InChI=1S/C23H29NO5/c1-13(9-15-5-4-6-16(26)11-15)7-8-19(27)20-14(2)10-17-21(18(20)12-25)23(29)24(3)22(17)28/h4-6,9,11,17-19,21,25-27H,7-8,10,12H2,1-3H3/b13-9+/t17-,18+,19-,21-/m1/s1. The van der Waals surface area contributed by atoms with Crippen LogP contribution in [0.4, 0.5) is 0 Å². The lowest BCUT2D eigenvalue weighted by Gasteiger charge is -2.35. The van der Waals surface area contributed by atoms with Crippen molar-refractivity contribution in [3.8, 4) is 5.75 Å². The molecule has 0 radical (unpaired) electrons. The van der Waals surface area contributed by atoms with Crippen LogP contribution in [-0.2, 0) is 9.59 Å². The molecule has 6 nitrogen and oxygen atoms in total. The van der Waals surface area contributed by atoms with E-state index in [9.17, 15) is 24.9 Å². The average Bonchev–Trinajstić information content (AvgIpc) is 2.89. The van der Waals surface area contributed by atoms with Gasteiger partial charge in [-0.05, 0) is 56.4 Å². The fourth-order valence-electron chi connectivity index (χ4n) is 4.77. The quantitative estimate of drug-likeness (QED) is 0.504. The number of aromatic hydroxyl groups is 1. The van der Waals surface area contributed by atoms with Crippen molar-refractivity contribution in [1.82, 2.24) is 4.90 Å². The number of carbonyl (C=O) groups excluding carboxylic acids is 2. The van der Waals surface area contributed by atoms with Gasteiger partial charge in [0.15, 0.2) is 0 Å². The van der Waals surface area contributed by atoms with Gasteiger partial charge in [-0.25, -0.2) is 0 Å². The number of phenolic OH excluding ortho intramolecular Hbond substituents is 1. The summed E-state index contributed by atoms with van der Waals surface area (Å²) in [5.41, 5.74) is 3.53. The zero-order chi connectivity index (χ0) is 21.3. The number of rotatable bonds is 6. The molecule has 2 amide bonds. The molecule has 0 spiro atoms. The van der Waals surface area contributed by atoms with Crippen LogP contribution >= 0.6 is 0 Å². The smallest absolute Gasteiger partial charge is 0.233 e. The summed E-state index contributed by atoms with van der Waals surface area (Å²) in [5, 5.41) is 30.5. The Morgan fingerprint density at radius 1 is 1.31 bits per heavy atom. The molecule has 1 aromatic rings. The van der Waals surface area contributed by atoms with E-state index >= 15 is 0 Å². The number of nitrogens with zero attached hydrogens (tertiary/aromatic N) is 1. The van der Waals surface area contributed by atoms with Gasteiger partial charge in [0.1, 0.15) is 5.75 Å². The number of likely N-dealkylation sites (tertiary alicyclic amines) is 1. The van der Waals surface area contributed by atoms with Gasteiger partial charge in [-0.3, -0.25) is 14.5 Å². The molecule has 0 unspecified atom stereocenters. The summed E-state index contributed by atoms with van der Waals surface area (Å²) in [6.45, 7) is 3.57. The van der Waals surface area contributed by atoms with E-state index in [0.29, 0.717) is 24.8 Å². The van der Waals surface area contributed by atoms with Crippen molar-refractivity contribution in [3.63, 3.8) is 0 Å². The van der Waals surface area contributed by atoms with Crippen LogP contribution in [0.3, 0.4) is 0 Å². The van der Waals surface area contributed by atoms with E-state index in [1.54, 1.807) is 18.2 Å². The summed E-state index contributed by atoms with van der Waals surface area (Å²) >= 11 is 0. The van der Waals surface area contributed by atoms with Crippen molar-refractivity contribution in [2.45, 2.75) is 39.2 Å². The maximum Gasteiger partial charge on any atom is 0.233 e. The largest absolute Gasteiger partial charge is 0.508 e. The molecule has 1 aromatic carbocycles. The lowest BCUT2D eigenvalue weighted by molar-refractivity contribution is -0.138. The van der Waals surface area contributed by atoms with Gasteiger partial charge in [-0.1, -0.05) is 29.4 Å². The van der Waals surface area contributed by atoms with Crippen LogP contribution < -0.4 is 0 Å². The van der Waals surface area contributed by atoms with Crippen molar-refractivity contribution in [1.29, 1.82) is 0 Å². The second-order valence-electron chi connectivity index (χ2n) is 8.24. The highest BCUT2D eigenvalue weighted by molar-refractivity contribution is 6.05. The molecule has 1 aliphatic carbocycles. The molecule has 2 aliphatic rings. The molecule has 1 fully saturated rings. The SMILES string of the molecule is CC1=C([C@H](O)CC/C(C)=C/c2cccc(O)c2)[C@H](CO)[C@@H]2C(=O)N(C)C(=O)[C@@H]2C1. The monoisotopic (exact) mass is 399 g/mol. The Balaban J connectivity index is 1.75. The lowest BCUT2D eigenvalue weighted by atomic mass is 9.68. The average molecular weight is 399 g/mol. The molecular weight excluding hydrogens is 370 g/mol. The van der Waals surface area contributed by atoms with Gasteiger partial charge >= 0.3 is 0 Å². The highest BCUT2D eigenvalue weighted by Crippen LogP contribution is 2.45. The molecular formula is C23H29NO5. The Hall–Kier alpha value is -2.44. The molecule has 1 heterocycles. The van der Waals surface area contributed by atoms with Crippen LogP contribution in [0.2, 0.25) is 0 Å². The third kappa shape index (κ3) is 4.14. The Labute approximate surface area is 171 Å². The summed E-state index contributed by atoms with van der Waals surface area (Å²) in [7, 11) is 1.48. The number of amides is 2. The van der Waals surface area contributed by atoms with Gasteiger partial charge in [0.25, 0.3) is 0 Å². The summed E-state index contributed by atoms with van der Waals surface area (Å²) in [6, 6.07) is 6.96. The van der Waals surface area contributed by atoms with E-state index < -0.39 is 23.9 Å². The van der Waals surface area contributed by atoms with E-state index in [0.717, 1.165) is 21.6 Å². The van der Waals surface area contributed by atoms with Crippen molar-refractivity contribution in [2.75, 3.05) is 13.7 Å². The molecule has 1 saturated heterocycles. The van der Waals surface area contributed by atoms with Gasteiger partial charge in [-0.15, -0.1) is 0 Å². The van der Waals surface area contributed by atoms with Crippen molar-refractivity contribution >= 4 is 17.9 Å². The zero-order valence-corrected chi connectivity index (χ0v) is 17.1. The third-order valence-electron chi connectivity index (χ3n) is 6.20. The Bertz CT molecular complexity index is 872. The van der Waals surface area contributed by atoms with E-state index in [4.69, 9.17) is 0 Å². The molecule has 3 rings (SSSR count). The molecule has 1 aliphatic heterocycles. The molecule has 3 N–H and O–H groups in total. The summed E-state index contributed by atoms with van der Waals surface area (Å²) < 4.78 is 0. The first-order valence-corrected chi connectivity index (χ1v) is 10.0. The fourth-order valence-corrected chi connectivity index (χ4v) is 4.77. The maximum atomic E-state index is 12.6. The molecule has 29 heavy (non-hydrogen) atoms. The van der Waals surface area contributed by atoms with Crippen LogP contribution in [0.5, 0.6) is 5.75 Å². The predicted molar refractivity (Wildman–Crippen MR) is 110 cm³/mol. The van der Waals surface area contributed by atoms with Crippen LogP contribution in [-0.4, -0.2) is 51.8 Å². The zero-order valence-electron chi connectivity index (χ0n) is 17.1. The normalized spacial score (nSPS) is 26.2. The van der Waals surface area contributed by atoms with Crippen LogP contribution in [0.15, 0.2) is 41.0 Å². The van der Waals surface area contributed by atoms with E-state index in [2.05, 4.69) is 0 Å². The van der Waals surface area contributed by atoms with Gasteiger partial charge in [-0.2, -0.15) is 0 Å². The number of hydrogen-bond acceptors (Lipinski definition) is 5. The minimum atomic E-state index is -0.783. The van der Waals surface area contributed by atoms with Crippen LogP contribution in [0.1, 0.15) is 38.7 Å². The molecule has 0 aromatic heterocycles. The molecule has 4 atom stereocenters. The number of carbonyl (C=O) groups is 2. The number of allylic oxidation sites excluding steroid dienone is 2. The van der Waals surface area contributed by atoms with Gasteiger partial charge in [0.2, 0.25) is 11.8 Å². The highest BCUT2D eigenvalue weighted by atomic mass is 16.3. The highest BCUT2D eigenvalue weighted by Gasteiger charge is 2.53. The minimum absolute atomic E-state index is 0.198. The fraction of sp³-hybridized carbons (Fsp3) is 0.478. The second-order valence-corrected chi connectivity index (χ2v) is 8.24. The number of imide groups is 1. The molecule has 6 heteroatoms. The Morgan fingerprint density at radius 3 is 2.69 bits per heavy atom. The van der Waals surface area contributed by atoms with Crippen molar-refractivity contribution in [3.05, 3.63) is 46.5 Å². The maximum absolute atomic E-state index is 12.6. The Kier molecular flexibility index (Phi) is 6.24. The third-order valence-corrected chi connectivity index (χ3v) is 6.20. The minimum Gasteiger partial charge on any atom is -0.508 e. The van der Waals surface area contributed by atoms with Crippen LogP contribution in [0.25, 0.3) is 6.08 Å². The predicted octanol–water partition coefficient (Wildman–Crippen LogP) is 2.50. The topological polar surface area (TPSA) is 98.1 Å². The van der Waals surface area contributed by atoms with Gasteiger partial charge in [0, 0.05) is 13.0 Å². The number of phenols is 1. The van der Waals surface area contributed by atoms with Crippen molar-refractivity contribution in [2.24, 2.45) is 17.8 Å². The van der Waals surface area contributed by atoms with E-state index in [-0.39, 0.29) is 24.2 Å². The number of fused-ring (bicyclic) bond motifs is 1. The Morgan fingerprint density at radius 2 is 2.03 bits per heavy atom. The molecule has 156 valence electrons. The molecule has 0 saturated carbocycles. The lowest BCUT2D eigenvalue weighted by Crippen LogP contribution is -2.38. The number of aliphatic hydroxyl groups is 2. The first-order valence-electron chi connectivity index (χ1n) is 10.0. The van der Waals surface area contributed by atoms with Crippen LogP contribution in [0, 0.1) is 17.8 Å². The summed E-state index contributed by atoms with van der Waals surface area (Å²) in [5.74, 6) is -1.81. The number of aliphatic hydroxyl groups excluding tert-OH is 2. The summed E-state index contributed by atoms with van der Waals surface area (Å²) in [6.07, 6.45) is 2.71. The summed E-state index contributed by atoms with van der Waals surface area (Å²) in [4.78, 5) is 26.1. The first-order chi connectivity index (χ1) is 13.7. The van der Waals surface area contributed by atoms with E-state index in [1.165, 1.54) is 7.05 Å². The van der Waals surface area contributed by atoms with Gasteiger partial charge < -0.3 is 15.3 Å². The number of hydrogen-bond donors (Lipinski definition) is 3. The first kappa shape index (κ1) is 21.3.